The molecule has 11 aromatic rings. The molecule has 27 N–H and O–H groups in total. The predicted octanol–water partition coefficient (Wildman–Crippen LogP) is 6.27. The summed E-state index contributed by atoms with van der Waals surface area (Å²) in [6.07, 6.45) is -13.1. The molecule has 1 heterocycles. The van der Waals surface area contributed by atoms with E-state index < -0.39 is 383 Å². The molecule has 51 heteroatoms. The molecule has 0 aromatic heterocycles. The zero-order valence-electron chi connectivity index (χ0n) is 72.8. The summed E-state index contributed by atoms with van der Waals surface area (Å²) in [6.45, 7) is -9.31. The van der Waals surface area contributed by atoms with Gasteiger partial charge in [0.25, 0.3) is 0 Å². The van der Waals surface area contributed by atoms with E-state index in [1.807, 2.05) is 0 Å². The first-order valence-electron chi connectivity index (χ1n) is 40.5. The third kappa shape index (κ3) is 26.3. The van der Waals surface area contributed by atoms with Crippen LogP contribution < -0.4 is 0 Å². The Kier molecular flexibility index (Phi) is 32.0. The topological polar surface area (TPSA) is 854 Å². The number of phenols is 27. The van der Waals surface area contributed by atoms with E-state index in [4.69, 9.17) is 61.6 Å². The maximum Gasteiger partial charge on any atom is 0.348 e. The number of ether oxygens (including phenoxy) is 13. The normalized spacial score (nSPS) is 14.2. The molecule has 1 aliphatic rings. The minimum Gasteiger partial charge on any atom is -0.508 e. The fourth-order valence-electron chi connectivity index (χ4n) is 13.6. The zero-order chi connectivity index (χ0) is 106. The second-order valence-corrected chi connectivity index (χ2v) is 31.3. The number of phenolic OH excluding ortho intramolecular Hbond substituents is 27. The van der Waals surface area contributed by atoms with Gasteiger partial charge in [-0.2, -0.15) is 0 Å². The Morgan fingerprint density at radius 3 is 0.576 bits per heavy atom. The Hall–Kier alpha value is -19.9. The highest BCUT2D eigenvalue weighted by Gasteiger charge is 2.56. The van der Waals surface area contributed by atoms with Crippen LogP contribution in [0.25, 0.3) is 0 Å². The van der Waals surface area contributed by atoms with Crippen LogP contribution in [0.5, 0.6) is 155 Å². The van der Waals surface area contributed by atoms with Gasteiger partial charge in [-0.25, -0.2) is 52.7 Å². The van der Waals surface area contributed by atoms with Crippen molar-refractivity contribution in [3.8, 4) is 155 Å². The van der Waals surface area contributed by atoms with Crippen LogP contribution in [-0.2, 0) is 61.6 Å². The SMILES string of the molecule is O=C(OCC(COCC(COC(=O)c1cc(O)cc(O)c1)(COC(=O)c1cc(O)cc(O)c1)COC(=O)c1cc(O)cc(O)c1)(COC(=O)c1cc(O)cc(O)c1)COC(=O)c1cc(O)cc(O)c1)c1cc(O)cc(O)c1.O=C(OCC1OC(OC(=O)c2c(O)cc(O)cc2O)[C@H](OC(=O)c2c(O)cc(O)cc2O)C(OC(=O)c2c(O)cc(O)cc2O)[C@@H]1OC(=O)c1c(O)cc(O)cc1O)c1c(O)cc(O)cc1O. The molecule has 0 aliphatic carbocycles. The average Bonchev–Trinajstić information content (AvgIpc) is 0.756. The Morgan fingerprint density at radius 1 is 0.194 bits per heavy atom. The molecule has 0 radical (unpaired) electrons. The molecule has 0 amide bonds. The molecule has 756 valence electrons. The molecule has 144 heavy (non-hydrogen) atoms. The van der Waals surface area contributed by atoms with Crippen LogP contribution in [0.4, 0.5) is 0 Å². The van der Waals surface area contributed by atoms with Crippen LogP contribution >= 0.6 is 0 Å². The van der Waals surface area contributed by atoms with E-state index in [9.17, 15) is 191 Å². The van der Waals surface area contributed by atoms with Crippen LogP contribution in [-0.4, -0.2) is 294 Å². The number of aromatic hydroxyl groups is 27. The number of esters is 11. The number of carbonyl (C=O) groups is 11. The lowest BCUT2D eigenvalue weighted by Gasteiger charge is -2.44. The number of hydrogen-bond acceptors (Lipinski definition) is 51. The lowest BCUT2D eigenvalue weighted by atomic mass is 9.90. The van der Waals surface area contributed by atoms with Crippen LogP contribution in [0.3, 0.4) is 0 Å². The minimum atomic E-state index is -2.73. The maximum atomic E-state index is 14.0. The first kappa shape index (κ1) is 105. The minimum absolute atomic E-state index is 0.443. The van der Waals surface area contributed by atoms with Gasteiger partial charge >= 0.3 is 65.7 Å². The lowest BCUT2D eigenvalue weighted by molar-refractivity contribution is -0.283. The highest BCUT2D eigenvalue weighted by molar-refractivity contribution is 6.01. The second-order valence-electron chi connectivity index (χ2n) is 31.3. The summed E-state index contributed by atoms with van der Waals surface area (Å²) < 4.78 is 72.3. The van der Waals surface area contributed by atoms with E-state index in [1.165, 1.54) is 0 Å². The van der Waals surface area contributed by atoms with Crippen molar-refractivity contribution in [2.45, 2.75) is 30.7 Å². The van der Waals surface area contributed by atoms with Gasteiger partial charge in [-0.15, -0.1) is 0 Å². The van der Waals surface area contributed by atoms with Crippen LogP contribution in [0.1, 0.15) is 114 Å². The number of benzene rings is 11. The molecule has 12 rings (SSSR count). The molecule has 0 bridgehead atoms. The van der Waals surface area contributed by atoms with Crippen molar-refractivity contribution in [2.24, 2.45) is 10.8 Å². The quantitative estimate of drug-likeness (QED) is 0.0159. The van der Waals surface area contributed by atoms with Gasteiger partial charge in [-0.05, 0) is 72.8 Å². The highest BCUT2D eigenvalue weighted by atomic mass is 16.8. The van der Waals surface area contributed by atoms with Gasteiger partial charge in [0, 0.05) is 97.1 Å². The monoisotopic (exact) mass is 2010 g/mol. The van der Waals surface area contributed by atoms with E-state index in [-0.39, 0.29) is 0 Å². The lowest BCUT2D eigenvalue weighted by Crippen LogP contribution is -2.63. The summed E-state index contributed by atoms with van der Waals surface area (Å²) in [5.74, 6) is -39.4. The van der Waals surface area contributed by atoms with Gasteiger partial charge in [0.1, 0.15) is 235 Å². The van der Waals surface area contributed by atoms with Crippen molar-refractivity contribution < 1.29 is 252 Å². The molecular formula is C93H78O51. The van der Waals surface area contributed by atoms with Crippen LogP contribution in [0, 0.1) is 10.8 Å². The molecule has 11 aromatic carbocycles. The van der Waals surface area contributed by atoms with Gasteiger partial charge < -0.3 is 199 Å². The molecule has 5 atom stereocenters. The van der Waals surface area contributed by atoms with Crippen LogP contribution in [0.2, 0.25) is 0 Å². The Balaban J connectivity index is 0.000000277. The van der Waals surface area contributed by atoms with Crippen molar-refractivity contribution in [3.63, 3.8) is 0 Å². The van der Waals surface area contributed by atoms with Crippen molar-refractivity contribution >= 4 is 65.7 Å². The third-order valence-electron chi connectivity index (χ3n) is 20.1. The molecule has 0 spiro atoms. The molecule has 1 fully saturated rings. The first-order chi connectivity index (χ1) is 67.8. The summed E-state index contributed by atoms with van der Waals surface area (Å²) in [5.41, 5.74) is -12.7. The van der Waals surface area contributed by atoms with E-state index in [2.05, 4.69) is 0 Å². The summed E-state index contributed by atoms with van der Waals surface area (Å²) in [4.78, 5) is 150. The van der Waals surface area contributed by atoms with Crippen molar-refractivity contribution in [1.29, 1.82) is 0 Å². The van der Waals surface area contributed by atoms with Gasteiger partial charge in [0.2, 0.25) is 12.4 Å². The summed E-state index contributed by atoms with van der Waals surface area (Å²) in [5, 5.41) is 275. The standard InChI is InChI=1S/C52H46O25.C41H32O26/c53-33-1-27(2-34(54)13-33)45(65)72-21-51(22-73-46(66)28-3-35(55)14-36(56)4-28,23-74-47(67)29-5-37(57)15-38(58)6-29)19-71-20-52(24-75-48(68)30-7-39(59)16-40(60)8-30,25-76-49(69)31-9-41(61)17-42(62)10-31)26-77-50(70)32-11-43(63)18-44(64)12-32;42-12-1-17(47)28(18(48)2-12)36(57)62-11-27-33(64-37(58)29-19(49)3-13(43)4-20(29)50)34(65-38(59)30-21(51)5-14(44)6-22(30)52)35(66-39(60)31-23(53)7-15(45)8-24(31)54)41(63-27)67-40(61)32-25(55)9-16(46)10-26(32)56/h1-18,53-64H,19-26H2;1-10,27,33-35,41-56H,11H2/t;27?,33-,34?,35-,41?/m.1/s1. The second kappa shape index (κ2) is 44.1. The Bertz CT molecular complexity index is 6070. The van der Waals surface area contributed by atoms with Crippen molar-refractivity contribution in [1.82, 2.24) is 0 Å². The highest BCUT2D eigenvalue weighted by Crippen LogP contribution is 2.44. The molecule has 1 saturated heterocycles. The van der Waals surface area contributed by atoms with Gasteiger partial charge in [-0.3, -0.25) is 0 Å². The van der Waals surface area contributed by atoms with E-state index in [1.54, 1.807) is 0 Å². The average molecular weight is 2010 g/mol. The summed E-state index contributed by atoms with van der Waals surface area (Å²) in [7, 11) is 0. The molecule has 51 nitrogen and oxygen atoms in total. The number of rotatable bonds is 33. The third-order valence-corrected chi connectivity index (χ3v) is 20.1. The van der Waals surface area contributed by atoms with Gasteiger partial charge in [0.15, 0.2) is 12.2 Å². The van der Waals surface area contributed by atoms with E-state index in [0.717, 1.165) is 109 Å². The first-order valence-corrected chi connectivity index (χ1v) is 40.5. The molecule has 3 unspecified atom stereocenters. The Labute approximate surface area is 802 Å². The summed E-state index contributed by atoms with van der Waals surface area (Å²) in [6, 6.07) is 21.5. The largest absolute Gasteiger partial charge is 0.508 e. The predicted molar refractivity (Wildman–Crippen MR) is 465 cm³/mol. The fraction of sp³-hybridized carbons (Fsp3) is 0.172. The molecule has 0 saturated carbocycles. The number of carbonyl (C=O) groups excluding carboxylic acids is 11. The zero-order valence-corrected chi connectivity index (χ0v) is 72.8. The molecular weight excluding hydrogens is 1930 g/mol. The van der Waals surface area contributed by atoms with Crippen molar-refractivity contribution in [2.75, 3.05) is 59.5 Å². The Morgan fingerprint density at radius 2 is 0.368 bits per heavy atom. The fourth-order valence-corrected chi connectivity index (χ4v) is 13.6. The van der Waals surface area contributed by atoms with Gasteiger partial charge in [-0.1, -0.05) is 0 Å². The number of hydrogen-bond donors (Lipinski definition) is 27. The smallest absolute Gasteiger partial charge is 0.348 e. The maximum absolute atomic E-state index is 14.0. The van der Waals surface area contributed by atoms with Gasteiger partial charge in [0.05, 0.1) is 57.4 Å². The van der Waals surface area contributed by atoms with Crippen LogP contribution in [0.15, 0.2) is 170 Å². The summed E-state index contributed by atoms with van der Waals surface area (Å²) >= 11 is 0. The van der Waals surface area contributed by atoms with Crippen molar-refractivity contribution in [3.05, 3.63) is 231 Å². The van der Waals surface area contributed by atoms with E-state index in [0.29, 0.717) is 60.7 Å². The van der Waals surface area contributed by atoms with E-state index >= 15 is 0 Å². The molecule has 1 aliphatic heterocycles.